The SMILES string of the molecule is CC[C@@H]1C(C)=C2/C=c3\[n-]/c(c(C)c3C(C)O)=C\C3[N-]C(C4=c5[n-]c(c(C)c5=C(O)[C@@H]4C(=O)OC)/C=C/1[N-]2)[C@@H](CCC(=O)OCCC(C)CCC[C@@H](C)CCC[C@H](C)CCCC(C)C)[C@@H]3C.[Mg+2]. The van der Waals surface area contributed by atoms with Gasteiger partial charge in [0.15, 0.2) is 0 Å². The number of allylic oxidation sites excluding steroid dienone is 2. The molecule has 2 aromatic heterocycles. The summed E-state index contributed by atoms with van der Waals surface area (Å²) in [5.74, 6) is 0.676. The molecule has 0 radical (unpaired) electrons. The maximum atomic E-state index is 13.7. The van der Waals surface area contributed by atoms with Crippen LogP contribution in [0.1, 0.15) is 174 Å². The molecule has 0 spiro atoms. The number of carbonyl (C=O) groups is 2. The summed E-state index contributed by atoms with van der Waals surface area (Å²) in [4.78, 5) is 37.4. The standard InChI is InChI=1S/C55H80N4O6.Mg/c1-13-39-34(7)41-29-46-48(38(11)60)36(9)43(57-46)27-42-35(8)40(52(58-42)50-51(55(63)64-12)54(62)49-37(10)44(59-53(49)50)28-45(39)56-41)23-24-47(61)65-26-25-33(6)22-16-21-32(5)20-15-19-31(4)18-14-17-30(2)3;/h27-33,35,38-40,42,51-52,60,62H,13-26H2,1-12H3;/q-4;+2/b43-27-,45-28-,46-29-;/t31-,32+,33?,35+,38?,39-,40+,42?,51-,52?;/m1./s1. The Kier molecular flexibility index (Phi) is 19.4. The largest absolute Gasteiger partial charge is 2.00 e. The van der Waals surface area contributed by atoms with Crippen molar-refractivity contribution in [1.82, 2.24) is 9.97 Å². The van der Waals surface area contributed by atoms with Gasteiger partial charge in [-0.2, -0.15) is 5.70 Å². The number of aromatic nitrogens is 2. The van der Waals surface area contributed by atoms with E-state index in [0.717, 1.165) is 76.0 Å². The first-order chi connectivity index (χ1) is 30.9. The Morgan fingerprint density at radius 3 is 2.05 bits per heavy atom. The summed E-state index contributed by atoms with van der Waals surface area (Å²) in [5, 5.41) is 36.1. The van der Waals surface area contributed by atoms with Crippen molar-refractivity contribution in [3.05, 3.63) is 71.3 Å². The minimum absolute atomic E-state index is 0. The molecule has 360 valence electrons. The molecule has 10 nitrogen and oxygen atoms in total. The van der Waals surface area contributed by atoms with Crippen molar-refractivity contribution in [2.45, 2.75) is 178 Å². The molecule has 5 heterocycles. The maximum Gasteiger partial charge on any atom is 2.00 e. The number of nitrogens with zero attached hydrogens (tertiary/aromatic N) is 4. The third-order valence-electron chi connectivity index (χ3n) is 15.4. The minimum Gasteiger partial charge on any atom is -0.661 e. The first-order valence-corrected chi connectivity index (χ1v) is 25.2. The first kappa shape index (κ1) is 53.7. The monoisotopic (exact) mass is 917 g/mol. The van der Waals surface area contributed by atoms with Gasteiger partial charge in [0.2, 0.25) is 0 Å². The summed E-state index contributed by atoms with van der Waals surface area (Å²) in [7, 11) is 1.33. The number of hydrogen-bond donors (Lipinski definition) is 2. The van der Waals surface area contributed by atoms with Crippen LogP contribution in [0.25, 0.3) is 40.2 Å². The molecule has 0 amide bonds. The summed E-state index contributed by atoms with van der Waals surface area (Å²) >= 11 is 0. The Balaban J connectivity index is 0.00000817. The van der Waals surface area contributed by atoms with Crippen LogP contribution in [0.15, 0.2) is 17.0 Å². The molecule has 6 rings (SSSR count). The van der Waals surface area contributed by atoms with Crippen LogP contribution in [0.3, 0.4) is 0 Å². The molecule has 10 atom stereocenters. The molecule has 3 aliphatic heterocycles. The van der Waals surface area contributed by atoms with Crippen molar-refractivity contribution in [3.63, 3.8) is 0 Å². The molecule has 1 fully saturated rings. The zero-order valence-electron chi connectivity index (χ0n) is 42.5. The molecule has 2 aromatic rings. The van der Waals surface area contributed by atoms with Crippen LogP contribution in [0, 0.1) is 61.2 Å². The Morgan fingerprint density at radius 1 is 0.833 bits per heavy atom. The van der Waals surface area contributed by atoms with Crippen LogP contribution in [-0.4, -0.2) is 71.0 Å². The fourth-order valence-corrected chi connectivity index (χ4v) is 11.2. The number of aliphatic hydroxyl groups is 2. The number of methoxy groups -OCH3 is 1. The van der Waals surface area contributed by atoms with Crippen molar-refractivity contribution < 1.29 is 29.3 Å². The summed E-state index contributed by atoms with van der Waals surface area (Å²) in [5.41, 5.74) is 6.48. The zero-order valence-corrected chi connectivity index (χ0v) is 43.9. The van der Waals surface area contributed by atoms with Gasteiger partial charge in [0.1, 0.15) is 11.7 Å². The number of esters is 2. The Hall–Kier alpha value is -3.25. The number of hydrogen-bond acceptors (Lipinski definition) is 6. The number of fused-ring (bicyclic) bond motifs is 8. The van der Waals surface area contributed by atoms with E-state index in [0.29, 0.717) is 46.1 Å². The van der Waals surface area contributed by atoms with Gasteiger partial charge in [-0.15, -0.1) is 45.6 Å². The fourth-order valence-electron chi connectivity index (χ4n) is 11.2. The Labute approximate surface area is 411 Å². The van der Waals surface area contributed by atoms with E-state index in [1.165, 1.54) is 58.5 Å². The molecule has 4 unspecified atom stereocenters. The topological polar surface area (TPSA) is 149 Å². The smallest absolute Gasteiger partial charge is 0.661 e. The van der Waals surface area contributed by atoms with Gasteiger partial charge < -0.3 is 40.3 Å². The van der Waals surface area contributed by atoms with Gasteiger partial charge in [-0.05, 0) is 82.1 Å². The van der Waals surface area contributed by atoms with Gasteiger partial charge in [0.25, 0.3) is 0 Å². The van der Waals surface area contributed by atoms with Crippen LogP contribution in [0.5, 0.6) is 0 Å². The maximum absolute atomic E-state index is 13.7. The number of rotatable bonds is 21. The zero-order chi connectivity index (χ0) is 47.3. The van der Waals surface area contributed by atoms with Crippen LogP contribution >= 0.6 is 0 Å². The average molecular weight is 918 g/mol. The van der Waals surface area contributed by atoms with Gasteiger partial charge in [0, 0.05) is 11.6 Å². The van der Waals surface area contributed by atoms with E-state index in [1.807, 2.05) is 26.0 Å². The molecule has 1 aliphatic carbocycles. The summed E-state index contributed by atoms with van der Waals surface area (Å²) in [6, 6.07) is -0.896. The van der Waals surface area contributed by atoms with E-state index in [4.69, 9.17) is 30.1 Å². The quantitative estimate of drug-likeness (QED) is 0.0932. The third kappa shape index (κ3) is 12.1. The van der Waals surface area contributed by atoms with Gasteiger partial charge >= 0.3 is 35.0 Å². The Morgan fingerprint density at radius 2 is 1.45 bits per heavy atom. The molecule has 1 saturated heterocycles. The van der Waals surface area contributed by atoms with Crippen molar-refractivity contribution in [1.29, 1.82) is 0 Å². The van der Waals surface area contributed by atoms with Crippen LogP contribution < -0.4 is 31.2 Å². The van der Waals surface area contributed by atoms with Crippen LogP contribution in [-0.2, 0) is 19.1 Å². The van der Waals surface area contributed by atoms with E-state index < -0.39 is 24.0 Å². The summed E-state index contributed by atoms with van der Waals surface area (Å²) in [6.45, 7) is 24.1. The van der Waals surface area contributed by atoms with Crippen LogP contribution in [0.4, 0.5) is 0 Å². The van der Waals surface area contributed by atoms with Gasteiger partial charge in [-0.25, -0.2) is 0 Å². The number of ether oxygens (including phenoxy) is 2. The van der Waals surface area contributed by atoms with E-state index in [2.05, 4.69) is 61.5 Å². The first-order valence-electron chi connectivity index (χ1n) is 25.2. The Bertz CT molecular complexity index is 2340. The number of carbonyl (C=O) groups excluding carboxylic acids is 2. The minimum atomic E-state index is -1.07. The molecule has 4 aliphatic rings. The van der Waals surface area contributed by atoms with Crippen molar-refractivity contribution in [3.8, 4) is 0 Å². The van der Waals surface area contributed by atoms with E-state index >= 15 is 0 Å². The molecular weight excluding hydrogens is 837 g/mol. The van der Waals surface area contributed by atoms with E-state index in [-0.39, 0.29) is 65.0 Å². The van der Waals surface area contributed by atoms with Crippen molar-refractivity contribution in [2.75, 3.05) is 13.7 Å². The van der Waals surface area contributed by atoms with Crippen LogP contribution in [0.2, 0.25) is 0 Å². The normalized spacial score (nSPS) is 25.8. The molecule has 11 heteroatoms. The van der Waals surface area contributed by atoms with Crippen molar-refractivity contribution in [2.24, 2.45) is 47.3 Å². The van der Waals surface area contributed by atoms with E-state index in [1.54, 1.807) is 6.92 Å². The molecule has 66 heavy (non-hydrogen) atoms. The molecular formula is C55H80MgN4O6-2. The third-order valence-corrected chi connectivity index (χ3v) is 15.4. The average Bonchev–Trinajstić information content (AvgIpc) is 4.00. The molecule has 0 aromatic carbocycles. The van der Waals surface area contributed by atoms with Crippen molar-refractivity contribution >= 4 is 64.6 Å². The van der Waals surface area contributed by atoms with Gasteiger partial charge in [-0.1, -0.05) is 153 Å². The van der Waals surface area contributed by atoms with Gasteiger partial charge in [-0.3, -0.25) is 9.59 Å². The molecule has 0 saturated carbocycles. The number of aliphatic hydroxyl groups excluding tert-OH is 2. The molecule has 2 N–H and O–H groups in total. The summed E-state index contributed by atoms with van der Waals surface area (Å²) < 4.78 is 11.2. The van der Waals surface area contributed by atoms with E-state index in [9.17, 15) is 19.8 Å². The predicted octanol–water partition coefficient (Wildman–Crippen LogP) is 8.98. The fraction of sp³-hybridized carbons (Fsp3) is 0.673. The molecule has 8 bridgehead atoms. The second-order valence-corrected chi connectivity index (χ2v) is 20.9. The second-order valence-electron chi connectivity index (χ2n) is 20.9. The second kappa shape index (κ2) is 23.8. The predicted molar refractivity (Wildman–Crippen MR) is 268 cm³/mol. The summed E-state index contributed by atoms with van der Waals surface area (Å²) in [6.07, 6.45) is 19.2. The van der Waals surface area contributed by atoms with Gasteiger partial charge in [0.05, 0.1) is 19.8 Å².